The standard InChI is InChI=1S/C10H9ClN4O/c1-5-7-3-2-6(11)4-8(7)14-10(13-5)15-9(12)16/h2-4H,1H3,(H3,12,13,14,15,16). The Morgan fingerprint density at radius 2 is 2.19 bits per heavy atom. The SMILES string of the molecule is Cc1nc(NC(N)=O)nc2cc(Cl)ccc12. The lowest BCUT2D eigenvalue weighted by Gasteiger charge is -2.05. The Labute approximate surface area is 96.6 Å². The highest BCUT2D eigenvalue weighted by molar-refractivity contribution is 6.31. The van der Waals surface area contributed by atoms with Gasteiger partial charge in [0.1, 0.15) is 0 Å². The minimum Gasteiger partial charge on any atom is -0.351 e. The van der Waals surface area contributed by atoms with Crippen LogP contribution in [-0.2, 0) is 0 Å². The normalized spacial score (nSPS) is 10.4. The number of nitrogens with zero attached hydrogens (tertiary/aromatic N) is 2. The number of amides is 2. The van der Waals surface area contributed by atoms with Crippen LogP contribution in [0.5, 0.6) is 0 Å². The molecule has 1 heterocycles. The first-order chi connectivity index (χ1) is 7.56. The zero-order valence-electron chi connectivity index (χ0n) is 8.49. The van der Waals surface area contributed by atoms with E-state index in [2.05, 4.69) is 15.3 Å². The zero-order chi connectivity index (χ0) is 11.7. The van der Waals surface area contributed by atoms with Gasteiger partial charge < -0.3 is 5.73 Å². The molecule has 16 heavy (non-hydrogen) atoms. The van der Waals surface area contributed by atoms with Crippen LogP contribution in [0.15, 0.2) is 18.2 Å². The van der Waals surface area contributed by atoms with Gasteiger partial charge in [-0.15, -0.1) is 0 Å². The summed E-state index contributed by atoms with van der Waals surface area (Å²) in [6.07, 6.45) is 0. The third-order valence-corrected chi connectivity index (χ3v) is 2.32. The summed E-state index contributed by atoms with van der Waals surface area (Å²) in [7, 11) is 0. The molecule has 0 saturated heterocycles. The summed E-state index contributed by atoms with van der Waals surface area (Å²) in [5.74, 6) is 0.180. The minimum absolute atomic E-state index is 0.180. The van der Waals surface area contributed by atoms with E-state index in [4.69, 9.17) is 17.3 Å². The van der Waals surface area contributed by atoms with Crippen LogP contribution in [-0.4, -0.2) is 16.0 Å². The highest BCUT2D eigenvalue weighted by atomic mass is 35.5. The van der Waals surface area contributed by atoms with E-state index in [1.165, 1.54) is 0 Å². The molecule has 2 aromatic rings. The van der Waals surface area contributed by atoms with Gasteiger partial charge in [-0.2, -0.15) is 0 Å². The van der Waals surface area contributed by atoms with E-state index < -0.39 is 6.03 Å². The molecular formula is C10H9ClN4O. The Balaban J connectivity index is 2.60. The number of carbonyl (C=O) groups is 1. The summed E-state index contributed by atoms with van der Waals surface area (Å²) in [6, 6.07) is 4.61. The van der Waals surface area contributed by atoms with Gasteiger partial charge in [0.25, 0.3) is 0 Å². The number of primary amides is 1. The van der Waals surface area contributed by atoms with E-state index in [1.807, 2.05) is 13.0 Å². The van der Waals surface area contributed by atoms with Gasteiger partial charge in [-0.1, -0.05) is 11.6 Å². The summed E-state index contributed by atoms with van der Waals surface area (Å²) >= 11 is 5.86. The first-order valence-electron chi connectivity index (χ1n) is 4.56. The molecule has 0 aliphatic heterocycles. The number of nitrogens with one attached hydrogen (secondary N) is 1. The molecule has 0 atom stereocenters. The number of anilines is 1. The number of nitrogens with two attached hydrogens (primary N) is 1. The van der Waals surface area contributed by atoms with Gasteiger partial charge >= 0.3 is 6.03 Å². The van der Waals surface area contributed by atoms with Crippen LogP contribution >= 0.6 is 11.6 Å². The van der Waals surface area contributed by atoms with Crippen LogP contribution in [0.2, 0.25) is 5.02 Å². The first kappa shape index (κ1) is 10.6. The molecule has 1 aromatic heterocycles. The lowest BCUT2D eigenvalue weighted by Crippen LogP contribution is -2.21. The molecule has 2 amide bonds. The summed E-state index contributed by atoms with van der Waals surface area (Å²) in [5, 5.41) is 3.80. The lowest BCUT2D eigenvalue weighted by atomic mass is 10.2. The minimum atomic E-state index is -0.694. The summed E-state index contributed by atoms with van der Waals surface area (Å²) in [5.41, 5.74) is 6.42. The topological polar surface area (TPSA) is 80.9 Å². The Morgan fingerprint density at radius 3 is 2.88 bits per heavy atom. The van der Waals surface area contributed by atoms with Crippen molar-refractivity contribution in [3.63, 3.8) is 0 Å². The predicted molar refractivity (Wildman–Crippen MR) is 62.5 cm³/mol. The third kappa shape index (κ3) is 2.04. The molecule has 6 heteroatoms. The molecule has 0 unspecified atom stereocenters. The lowest BCUT2D eigenvalue weighted by molar-refractivity contribution is 0.259. The predicted octanol–water partition coefficient (Wildman–Crippen LogP) is 2.08. The van der Waals surface area contributed by atoms with E-state index in [-0.39, 0.29) is 5.95 Å². The Morgan fingerprint density at radius 1 is 1.44 bits per heavy atom. The number of carbonyl (C=O) groups excluding carboxylic acids is 1. The summed E-state index contributed by atoms with van der Waals surface area (Å²) in [4.78, 5) is 18.9. The molecule has 82 valence electrons. The van der Waals surface area contributed by atoms with Gasteiger partial charge in [0.2, 0.25) is 5.95 Å². The summed E-state index contributed by atoms with van der Waals surface area (Å²) < 4.78 is 0. The molecule has 0 spiro atoms. The molecule has 0 bridgehead atoms. The second-order valence-corrected chi connectivity index (χ2v) is 3.72. The van der Waals surface area contributed by atoms with Crippen molar-refractivity contribution in [3.05, 3.63) is 28.9 Å². The largest absolute Gasteiger partial charge is 0.351 e. The maximum absolute atomic E-state index is 10.7. The maximum Gasteiger partial charge on any atom is 0.319 e. The Kier molecular flexibility index (Phi) is 2.62. The monoisotopic (exact) mass is 236 g/mol. The molecule has 0 aliphatic rings. The Bertz CT molecular complexity index is 570. The van der Waals surface area contributed by atoms with E-state index >= 15 is 0 Å². The van der Waals surface area contributed by atoms with E-state index in [1.54, 1.807) is 12.1 Å². The van der Waals surface area contributed by atoms with Crippen molar-refractivity contribution < 1.29 is 4.79 Å². The van der Waals surface area contributed by atoms with Gasteiger partial charge in [0.15, 0.2) is 0 Å². The number of hydrogen-bond acceptors (Lipinski definition) is 3. The molecule has 3 N–H and O–H groups in total. The van der Waals surface area contributed by atoms with Gasteiger partial charge in [-0.25, -0.2) is 14.8 Å². The number of fused-ring (bicyclic) bond motifs is 1. The fourth-order valence-corrected chi connectivity index (χ4v) is 1.59. The van der Waals surface area contributed by atoms with Crippen LogP contribution in [0.4, 0.5) is 10.7 Å². The van der Waals surface area contributed by atoms with Crippen molar-refractivity contribution in [2.75, 3.05) is 5.32 Å². The Hall–Kier alpha value is -1.88. The second kappa shape index (κ2) is 3.94. The van der Waals surface area contributed by atoms with Crippen molar-refractivity contribution in [3.8, 4) is 0 Å². The highest BCUT2D eigenvalue weighted by Gasteiger charge is 2.06. The van der Waals surface area contributed by atoms with Crippen LogP contribution < -0.4 is 11.1 Å². The van der Waals surface area contributed by atoms with Crippen molar-refractivity contribution in [2.24, 2.45) is 5.73 Å². The fraction of sp³-hybridized carbons (Fsp3) is 0.100. The summed E-state index contributed by atoms with van der Waals surface area (Å²) in [6.45, 7) is 1.82. The highest BCUT2D eigenvalue weighted by Crippen LogP contribution is 2.20. The first-order valence-corrected chi connectivity index (χ1v) is 4.94. The van der Waals surface area contributed by atoms with Crippen molar-refractivity contribution in [1.29, 1.82) is 0 Å². The van der Waals surface area contributed by atoms with Crippen LogP contribution in [0.1, 0.15) is 5.69 Å². The zero-order valence-corrected chi connectivity index (χ0v) is 9.25. The van der Waals surface area contributed by atoms with E-state index in [0.29, 0.717) is 10.5 Å². The van der Waals surface area contributed by atoms with Crippen molar-refractivity contribution in [2.45, 2.75) is 6.92 Å². The van der Waals surface area contributed by atoms with Crippen LogP contribution in [0, 0.1) is 6.92 Å². The van der Waals surface area contributed by atoms with Gasteiger partial charge in [-0.3, -0.25) is 5.32 Å². The number of benzene rings is 1. The molecule has 5 nitrogen and oxygen atoms in total. The second-order valence-electron chi connectivity index (χ2n) is 3.28. The average Bonchev–Trinajstić information content (AvgIpc) is 2.15. The number of hydrogen-bond donors (Lipinski definition) is 2. The van der Waals surface area contributed by atoms with E-state index in [9.17, 15) is 4.79 Å². The number of aromatic nitrogens is 2. The van der Waals surface area contributed by atoms with Crippen LogP contribution in [0.25, 0.3) is 10.9 Å². The van der Waals surface area contributed by atoms with Gasteiger partial charge in [-0.05, 0) is 25.1 Å². The molecule has 2 rings (SSSR count). The number of urea groups is 1. The average molecular weight is 237 g/mol. The molecule has 1 aromatic carbocycles. The fourth-order valence-electron chi connectivity index (χ4n) is 1.43. The quantitative estimate of drug-likeness (QED) is 0.795. The molecule has 0 radical (unpaired) electrons. The third-order valence-electron chi connectivity index (χ3n) is 2.08. The molecule has 0 saturated carbocycles. The van der Waals surface area contributed by atoms with Crippen molar-refractivity contribution in [1.82, 2.24) is 9.97 Å². The molecular weight excluding hydrogens is 228 g/mol. The van der Waals surface area contributed by atoms with Crippen LogP contribution in [0.3, 0.4) is 0 Å². The number of rotatable bonds is 1. The number of aryl methyl sites for hydroxylation is 1. The number of halogens is 1. The van der Waals surface area contributed by atoms with Gasteiger partial charge in [0.05, 0.1) is 11.2 Å². The maximum atomic E-state index is 10.7. The van der Waals surface area contributed by atoms with Gasteiger partial charge in [0, 0.05) is 10.4 Å². The van der Waals surface area contributed by atoms with Crippen molar-refractivity contribution >= 4 is 34.5 Å². The smallest absolute Gasteiger partial charge is 0.319 e. The molecule has 0 aliphatic carbocycles. The van der Waals surface area contributed by atoms with E-state index in [0.717, 1.165) is 11.1 Å². The molecule has 0 fully saturated rings.